The van der Waals surface area contributed by atoms with E-state index in [2.05, 4.69) is 57.2 Å². The topological polar surface area (TPSA) is 441 Å². The predicted molar refractivity (Wildman–Crippen MR) is 439 cm³/mol. The number of hydrogen-bond donors (Lipinski definition) is 10. The van der Waals surface area contributed by atoms with Crippen LogP contribution in [0.15, 0.2) is 112 Å². The van der Waals surface area contributed by atoms with E-state index in [4.69, 9.17) is 41.0 Å². The Hall–Kier alpha value is -11.0. The Morgan fingerprint density at radius 1 is 0.513 bits per heavy atom. The van der Waals surface area contributed by atoms with Crippen LogP contribution in [0, 0.1) is 0 Å². The summed E-state index contributed by atoms with van der Waals surface area (Å²) in [5, 5.41) is 60.5. The van der Waals surface area contributed by atoms with Gasteiger partial charge in [-0.3, -0.25) is 38.6 Å². The smallest absolute Gasteiger partial charge is 0.415 e. The Morgan fingerprint density at radius 2 is 0.915 bits per heavy atom. The number of halogens is 1. The molecule has 3 saturated heterocycles. The van der Waals surface area contributed by atoms with Gasteiger partial charge in [-0.15, -0.1) is 0 Å². The Labute approximate surface area is 679 Å². The van der Waals surface area contributed by atoms with Crippen molar-refractivity contribution in [1.82, 2.24) is 68.5 Å². The zero-order valence-corrected chi connectivity index (χ0v) is 68.0. The summed E-state index contributed by atoms with van der Waals surface area (Å²) in [7, 11) is 4.80. The summed E-state index contributed by atoms with van der Waals surface area (Å²) in [5.41, 5.74) is 7.11. The van der Waals surface area contributed by atoms with E-state index >= 15 is 0 Å². The van der Waals surface area contributed by atoms with Gasteiger partial charge in [0.15, 0.2) is 11.3 Å². The summed E-state index contributed by atoms with van der Waals surface area (Å²) in [4.78, 5) is 114. The molecule has 3 aliphatic carbocycles. The number of aliphatic hydroxyl groups excluding tert-OH is 3. The molecule has 0 aromatic carbocycles. The predicted octanol–water partition coefficient (Wildman–Crippen LogP) is 8.46. The minimum atomic E-state index is -0.809. The van der Waals surface area contributed by atoms with Gasteiger partial charge in [0.25, 0.3) is 34.4 Å². The van der Waals surface area contributed by atoms with Crippen molar-refractivity contribution in [2.24, 2.45) is 0 Å². The minimum Gasteiger partial charge on any atom is -0.443 e. The molecule has 9 aromatic heterocycles. The second-order valence-electron chi connectivity index (χ2n) is 32.0. The van der Waals surface area contributed by atoms with Gasteiger partial charge in [0, 0.05) is 81.7 Å². The molecular formula is C80H105ClN20O16. The van der Waals surface area contributed by atoms with Crippen LogP contribution in [0.2, 0.25) is 5.15 Å². The first kappa shape index (κ1) is 85.4. The quantitative estimate of drug-likeness (QED) is 0.0405. The normalized spacial score (nSPS) is 19.9. The van der Waals surface area contributed by atoms with Gasteiger partial charge in [-0.25, -0.2) is 24.1 Å². The third-order valence-electron chi connectivity index (χ3n) is 21.0. The molecule has 12 heterocycles. The maximum Gasteiger partial charge on any atom is 0.415 e. The van der Waals surface area contributed by atoms with E-state index in [1.807, 2.05) is 41.4 Å². The van der Waals surface area contributed by atoms with Crippen LogP contribution in [0.25, 0.3) is 16.8 Å². The van der Waals surface area contributed by atoms with Gasteiger partial charge in [0.2, 0.25) is 0 Å². The molecule has 6 aliphatic rings. The van der Waals surface area contributed by atoms with Crippen molar-refractivity contribution in [2.45, 2.75) is 204 Å². The summed E-state index contributed by atoms with van der Waals surface area (Å²) >= 11 is 6.11. The van der Waals surface area contributed by atoms with Gasteiger partial charge in [-0.1, -0.05) is 69.4 Å². The molecule has 3 saturated carbocycles. The fraction of sp³-hybridized carbons (Fsp3) is 0.512. The first-order valence-electron chi connectivity index (χ1n) is 39.6. The van der Waals surface area contributed by atoms with Gasteiger partial charge < -0.3 is 90.3 Å². The highest BCUT2D eigenvalue weighted by atomic mass is 35.5. The lowest BCUT2D eigenvalue weighted by Crippen LogP contribution is -2.42. The molecule has 9 aromatic rings. The number of ether oxygens (including phenoxy) is 5. The second-order valence-corrected chi connectivity index (χ2v) is 32.3. The van der Waals surface area contributed by atoms with Crippen LogP contribution in [0.4, 0.5) is 55.6 Å². The van der Waals surface area contributed by atoms with E-state index in [0.29, 0.717) is 57.4 Å². The van der Waals surface area contributed by atoms with E-state index in [1.165, 1.54) is 87.2 Å². The Bertz CT molecular complexity index is 5220. The first-order chi connectivity index (χ1) is 55.9. The number of nitrogens with one attached hydrogen (secondary N) is 6. The number of nitrogens with two attached hydrogens (primary N) is 1. The molecule has 5 amide bonds. The van der Waals surface area contributed by atoms with E-state index in [0.717, 1.165) is 64.2 Å². The van der Waals surface area contributed by atoms with Crippen LogP contribution in [0.5, 0.6) is 0 Å². The lowest BCUT2D eigenvalue weighted by Gasteiger charge is -2.25. The number of pyridine rings is 4. The van der Waals surface area contributed by atoms with Crippen molar-refractivity contribution < 1.29 is 63.0 Å². The highest BCUT2D eigenvalue weighted by Crippen LogP contribution is 2.33. The number of hydrogen-bond acceptors (Lipinski definition) is 25. The van der Waals surface area contributed by atoms with E-state index in [1.54, 1.807) is 101 Å². The number of fused-ring (bicyclic) bond motifs is 3. The highest BCUT2D eigenvalue weighted by molar-refractivity contribution is 6.30. The molecule has 628 valence electrons. The molecule has 0 radical (unpaired) electrons. The summed E-state index contributed by atoms with van der Waals surface area (Å²) in [6, 6.07) is 16.4. The number of carbonyl (C=O) groups is 5. The number of rotatable bonds is 16. The van der Waals surface area contributed by atoms with E-state index < -0.39 is 77.5 Å². The number of carbonyl (C=O) groups excluding carboxylic acids is 5. The van der Waals surface area contributed by atoms with Crippen molar-refractivity contribution in [3.05, 3.63) is 151 Å². The number of nitrogen functional groups attached to an aromatic ring is 1. The lowest BCUT2D eigenvalue weighted by molar-refractivity contribution is 0.0577. The SMILES string of the molecule is CN(C(=O)OC(C)(C)C)c1cc(Cl)nc2c(C(=O)NC3COC[C@H]3O)cnn12.CN(C(=O)OC(C)(C)C)c1cc(Nc2cccn(C3CCCCC3)c2=O)cc2c(C(=O)NC3COC[C@H]3O)cnn12.CNc1cc(Nc2cccn(C3CCCCC3)c2=O)nc2c(C(=O)NC3COC[C@H]3O)cnn12.Nc1cccn(C2CCCCC2)c1=O. The molecule has 117 heavy (non-hydrogen) atoms. The minimum absolute atomic E-state index is 0.0283. The molecule has 6 fully saturated rings. The van der Waals surface area contributed by atoms with Crippen LogP contribution in [0.1, 0.15) is 187 Å². The number of amides is 5. The average Bonchev–Trinajstić information content (AvgIpc) is 1.65. The van der Waals surface area contributed by atoms with E-state index in [-0.39, 0.29) is 102 Å². The molecule has 3 unspecified atom stereocenters. The maximum atomic E-state index is 13.5. The van der Waals surface area contributed by atoms with Gasteiger partial charge in [-0.2, -0.15) is 24.3 Å². The standard InChI is InChI=1S/C29H38N6O6.C23H29N7O4.C17H22ClN5O5.C11H16N2O/c1-29(2,3)41-28(39)33(4)25-14-18(31-21-11-8-12-34(27(21)38)19-9-6-5-7-10-19)13-23-20(15-30-35(23)25)26(37)32-22-16-40-17-24(22)36;1-24-20-10-19(26-16-8-5-9-29(23(16)33)14-6-3-2-4-7-14)28-21-15(11-25-30(20)21)22(32)27-17-12-34-13-18(17)31;1-17(2,3)28-16(26)22(4)13-5-12(18)21-14-9(6-19-23(13)14)15(25)20-10-7-27-8-11(10)24;12-10-7-4-8-13(11(10)14)9-5-2-1-3-6-9/h8,11-15,19,22,24,31,36H,5-7,9-10,16-17H2,1-4H3,(H,32,37);5,8-11,14,17-18,24,31H,2-4,6-7,12-13H2,1H3,(H,26,28)(H,27,32);5-6,10-11,24H,7-8H2,1-4H3,(H,20,25);4,7-9H,1-3,5-6,12H2/t22?,24-;17?,18-;10?,11-;/m111./s1. The molecule has 6 atom stereocenters. The van der Waals surface area contributed by atoms with Crippen molar-refractivity contribution in [3.8, 4) is 0 Å². The van der Waals surface area contributed by atoms with Crippen LogP contribution >= 0.6 is 11.6 Å². The summed E-state index contributed by atoms with van der Waals surface area (Å²) in [5.74, 6) is 0.282. The fourth-order valence-electron chi connectivity index (χ4n) is 14.8. The van der Waals surface area contributed by atoms with Crippen LogP contribution in [0.3, 0.4) is 0 Å². The largest absolute Gasteiger partial charge is 0.443 e. The molecular weight excluding hydrogens is 1530 g/mol. The molecule has 11 N–H and O–H groups in total. The average molecular weight is 1640 g/mol. The van der Waals surface area contributed by atoms with Crippen LogP contribution in [-0.2, 0) is 23.7 Å². The Kier molecular flexibility index (Phi) is 27.4. The van der Waals surface area contributed by atoms with E-state index in [9.17, 15) is 53.7 Å². The highest BCUT2D eigenvalue weighted by Gasteiger charge is 2.35. The van der Waals surface area contributed by atoms with Crippen LogP contribution < -0.4 is 64.1 Å². The van der Waals surface area contributed by atoms with Crippen LogP contribution in [-0.4, -0.2) is 206 Å². The Balaban J connectivity index is 0.000000151. The van der Waals surface area contributed by atoms with Gasteiger partial charge in [-0.05, 0) is 123 Å². The number of aliphatic hydroxyl groups is 3. The molecule has 37 heteroatoms. The number of aromatic nitrogens is 11. The third-order valence-corrected chi connectivity index (χ3v) is 21.2. The van der Waals surface area contributed by atoms with Crippen molar-refractivity contribution in [2.75, 3.05) is 92.3 Å². The summed E-state index contributed by atoms with van der Waals surface area (Å²) < 4.78 is 36.2. The van der Waals surface area contributed by atoms with Crippen molar-refractivity contribution >= 4 is 104 Å². The molecule has 36 nitrogen and oxygen atoms in total. The third kappa shape index (κ3) is 20.7. The molecule has 3 aliphatic heterocycles. The fourth-order valence-corrected chi connectivity index (χ4v) is 15.0. The van der Waals surface area contributed by atoms with Crippen molar-refractivity contribution in [3.63, 3.8) is 0 Å². The summed E-state index contributed by atoms with van der Waals surface area (Å²) in [6.45, 7) is 11.7. The molecule has 0 spiro atoms. The van der Waals surface area contributed by atoms with Gasteiger partial charge in [0.05, 0.1) is 111 Å². The zero-order valence-electron chi connectivity index (χ0n) is 67.2. The second kappa shape index (κ2) is 37.5. The maximum absolute atomic E-state index is 13.5. The van der Waals surface area contributed by atoms with Gasteiger partial charge >= 0.3 is 12.2 Å². The zero-order chi connectivity index (χ0) is 83.6. The Morgan fingerprint density at radius 3 is 1.36 bits per heavy atom. The summed E-state index contributed by atoms with van der Waals surface area (Å²) in [6.07, 6.45) is 22.9. The number of anilines is 8. The first-order valence-corrected chi connectivity index (χ1v) is 40.0. The van der Waals surface area contributed by atoms with Crippen molar-refractivity contribution in [1.29, 1.82) is 0 Å². The van der Waals surface area contributed by atoms with Gasteiger partial charge in [0.1, 0.15) is 62.1 Å². The molecule has 0 bridgehead atoms. The molecule has 15 rings (SSSR count). The number of nitrogens with zero attached hydrogens (tertiary/aromatic N) is 13. The monoisotopic (exact) mass is 1640 g/mol. The lowest BCUT2D eigenvalue weighted by atomic mass is 9.95.